The second kappa shape index (κ2) is 7.69. The number of methoxy groups -OCH3 is 1. The molecule has 1 aromatic heterocycles. The minimum Gasteiger partial charge on any atom is -0.496 e. The van der Waals surface area contributed by atoms with Gasteiger partial charge in [-0.3, -0.25) is 4.79 Å². The Morgan fingerprint density at radius 2 is 2.15 bits per heavy atom. The van der Waals surface area contributed by atoms with Gasteiger partial charge in [0.1, 0.15) is 11.5 Å². The summed E-state index contributed by atoms with van der Waals surface area (Å²) < 4.78 is 11.4. The number of nitrogens with zero attached hydrogens (tertiary/aromatic N) is 2. The van der Waals surface area contributed by atoms with Crippen molar-refractivity contribution in [2.45, 2.75) is 19.9 Å². The van der Waals surface area contributed by atoms with Crippen molar-refractivity contribution in [2.75, 3.05) is 19.5 Å². The summed E-state index contributed by atoms with van der Waals surface area (Å²) in [6.07, 6.45) is 0. The molecule has 0 saturated heterocycles. The minimum atomic E-state index is -0.478. The molecule has 2 N–H and O–H groups in total. The van der Waals surface area contributed by atoms with E-state index in [9.17, 15) is 4.79 Å². The molecule has 142 valence electrons. The van der Waals surface area contributed by atoms with E-state index in [1.807, 2.05) is 32.2 Å². The van der Waals surface area contributed by atoms with E-state index in [1.165, 1.54) is 0 Å². The molecule has 27 heavy (non-hydrogen) atoms. The van der Waals surface area contributed by atoms with E-state index in [2.05, 4.69) is 31.7 Å². The molecule has 1 aromatic carbocycles. The summed E-state index contributed by atoms with van der Waals surface area (Å²) >= 11 is 8.92. The van der Waals surface area contributed by atoms with Gasteiger partial charge in [-0.05, 0) is 44.3 Å². The molecule has 7 nitrogen and oxygen atoms in total. The van der Waals surface area contributed by atoms with Crippen LogP contribution < -0.4 is 15.4 Å². The molecule has 3 rings (SSSR count). The van der Waals surface area contributed by atoms with Crippen molar-refractivity contribution < 1.29 is 14.1 Å². The lowest BCUT2D eigenvalue weighted by molar-refractivity contribution is -0.113. The Balaban J connectivity index is 2.07. The largest absolute Gasteiger partial charge is 0.496 e. The normalized spacial score (nSPS) is 17.0. The van der Waals surface area contributed by atoms with E-state index in [4.69, 9.17) is 21.5 Å². The Morgan fingerprint density at radius 1 is 1.41 bits per heavy atom. The van der Waals surface area contributed by atoms with Crippen LogP contribution >= 0.6 is 28.1 Å². The van der Waals surface area contributed by atoms with E-state index < -0.39 is 6.04 Å². The van der Waals surface area contributed by atoms with Crippen molar-refractivity contribution in [1.29, 1.82) is 0 Å². The third-order valence-corrected chi connectivity index (χ3v) is 5.26. The molecule has 0 spiro atoms. The molecule has 0 fully saturated rings. The minimum absolute atomic E-state index is 0.297. The maximum absolute atomic E-state index is 13.1. The molecule has 0 saturated carbocycles. The highest BCUT2D eigenvalue weighted by Crippen LogP contribution is 2.36. The van der Waals surface area contributed by atoms with E-state index >= 15 is 0 Å². The van der Waals surface area contributed by atoms with Gasteiger partial charge in [0.15, 0.2) is 10.9 Å². The first-order valence-corrected chi connectivity index (χ1v) is 9.35. The zero-order valence-electron chi connectivity index (χ0n) is 15.3. The molecule has 9 heteroatoms. The number of nitrogens with one attached hydrogen (secondary N) is 2. The van der Waals surface area contributed by atoms with Gasteiger partial charge in [-0.25, -0.2) is 0 Å². The monoisotopic (exact) mass is 450 g/mol. The molecule has 0 radical (unpaired) electrons. The average Bonchev–Trinajstić information content (AvgIpc) is 3.03. The molecule has 1 aliphatic heterocycles. The molecule has 1 aliphatic rings. The van der Waals surface area contributed by atoms with Gasteiger partial charge in [-0.1, -0.05) is 21.1 Å². The fraction of sp³-hybridized carbons (Fsp3) is 0.278. The highest BCUT2D eigenvalue weighted by molar-refractivity contribution is 9.10. The summed E-state index contributed by atoms with van der Waals surface area (Å²) in [5, 5.41) is 10.4. The smallest absolute Gasteiger partial charge is 0.257 e. The maximum atomic E-state index is 13.1. The van der Waals surface area contributed by atoms with E-state index in [-0.39, 0.29) is 5.91 Å². The number of benzene rings is 1. The summed E-state index contributed by atoms with van der Waals surface area (Å²) in [4.78, 5) is 14.9. The maximum Gasteiger partial charge on any atom is 0.257 e. The van der Waals surface area contributed by atoms with Gasteiger partial charge in [0.05, 0.1) is 18.7 Å². The zero-order valence-corrected chi connectivity index (χ0v) is 17.7. The number of ether oxygens (including phenoxy) is 1. The molecule has 2 heterocycles. The number of allylic oxidation sites excluding steroid dienone is 1. The highest BCUT2D eigenvalue weighted by atomic mass is 79.9. The first-order valence-electron chi connectivity index (χ1n) is 8.15. The molecule has 1 atom stereocenters. The third-order valence-electron chi connectivity index (χ3n) is 4.37. The predicted octanol–water partition coefficient (Wildman–Crippen LogP) is 3.53. The van der Waals surface area contributed by atoms with Crippen LogP contribution in [0, 0.1) is 6.92 Å². The number of hydrogen-bond donors (Lipinski definition) is 2. The lowest BCUT2D eigenvalue weighted by atomic mass is 9.93. The Labute approximate surface area is 170 Å². The number of hydrogen-bond acceptors (Lipinski definition) is 5. The van der Waals surface area contributed by atoms with Crippen LogP contribution in [0.5, 0.6) is 5.75 Å². The number of anilines is 1. The average molecular weight is 451 g/mol. The summed E-state index contributed by atoms with van der Waals surface area (Å²) in [7, 11) is 3.40. The van der Waals surface area contributed by atoms with Crippen LogP contribution in [-0.4, -0.2) is 35.2 Å². The Bertz CT molecular complexity index is 940. The number of carbonyl (C=O) groups excluding carboxylic acids is 1. The number of halogens is 1. The van der Waals surface area contributed by atoms with Crippen molar-refractivity contribution in [2.24, 2.45) is 0 Å². The van der Waals surface area contributed by atoms with Crippen molar-refractivity contribution in [3.63, 3.8) is 0 Å². The molecule has 0 unspecified atom stereocenters. The topological polar surface area (TPSA) is 79.6 Å². The lowest BCUT2D eigenvalue weighted by Crippen LogP contribution is -2.46. The SMILES string of the molecule is COc1ccc(Br)cc1[C@@H]1NC(=S)N(C)C(C)=C1C(=O)Nc1cc(C)on1. The number of aromatic nitrogens is 1. The van der Waals surface area contributed by atoms with E-state index in [0.717, 1.165) is 15.7 Å². The fourth-order valence-corrected chi connectivity index (χ4v) is 3.54. The van der Waals surface area contributed by atoms with Crippen LogP contribution in [0.25, 0.3) is 0 Å². The van der Waals surface area contributed by atoms with Crippen LogP contribution in [-0.2, 0) is 4.79 Å². The number of carbonyl (C=O) groups is 1. The summed E-state index contributed by atoms with van der Waals surface area (Å²) in [5.41, 5.74) is 2.05. The quantitative estimate of drug-likeness (QED) is 0.689. The van der Waals surface area contributed by atoms with Crippen molar-refractivity contribution >= 4 is 45.0 Å². The van der Waals surface area contributed by atoms with Gasteiger partial charge in [0.2, 0.25) is 0 Å². The van der Waals surface area contributed by atoms with Gasteiger partial charge >= 0.3 is 0 Å². The van der Waals surface area contributed by atoms with Gasteiger partial charge < -0.3 is 24.8 Å². The van der Waals surface area contributed by atoms with Crippen molar-refractivity contribution in [3.05, 3.63) is 51.3 Å². The molecular formula is C18H19BrN4O3S. The van der Waals surface area contributed by atoms with Crippen molar-refractivity contribution in [1.82, 2.24) is 15.4 Å². The first-order chi connectivity index (χ1) is 12.8. The molecule has 0 aliphatic carbocycles. The summed E-state index contributed by atoms with van der Waals surface area (Å²) in [6.45, 7) is 3.62. The number of thiocarbonyl (C=S) groups is 1. The van der Waals surface area contributed by atoms with Crippen molar-refractivity contribution in [3.8, 4) is 5.75 Å². The predicted molar refractivity (Wildman–Crippen MR) is 110 cm³/mol. The standard InChI is InChI=1S/C18H19BrN4O3S/c1-9-7-14(22-26-9)20-17(24)15-10(2)23(3)18(27)21-16(15)12-8-11(19)5-6-13(12)25-4/h5-8,16H,1-4H3,(H,21,27)(H,20,22,24)/t16-/m0/s1. The number of aryl methyl sites for hydroxylation is 1. The fourth-order valence-electron chi connectivity index (χ4n) is 2.90. The molecule has 0 bridgehead atoms. The Hall–Kier alpha value is -2.39. The van der Waals surface area contributed by atoms with Crippen LogP contribution in [0.4, 0.5) is 5.82 Å². The van der Waals surface area contributed by atoms with Crippen LogP contribution in [0.1, 0.15) is 24.3 Å². The highest BCUT2D eigenvalue weighted by Gasteiger charge is 2.34. The Morgan fingerprint density at radius 3 is 2.78 bits per heavy atom. The van der Waals surface area contributed by atoms with Crippen LogP contribution in [0.3, 0.4) is 0 Å². The second-order valence-electron chi connectivity index (χ2n) is 6.10. The second-order valence-corrected chi connectivity index (χ2v) is 7.41. The van der Waals surface area contributed by atoms with Crippen LogP contribution in [0.2, 0.25) is 0 Å². The lowest BCUT2D eigenvalue weighted by Gasteiger charge is -2.36. The summed E-state index contributed by atoms with van der Waals surface area (Å²) in [5.74, 6) is 1.32. The molecule has 1 amide bonds. The number of rotatable bonds is 4. The van der Waals surface area contributed by atoms with Crippen LogP contribution in [0.15, 0.2) is 44.5 Å². The number of amides is 1. The van der Waals surface area contributed by atoms with Gasteiger partial charge in [-0.15, -0.1) is 0 Å². The first kappa shape index (κ1) is 19.4. The van der Waals surface area contributed by atoms with E-state index in [0.29, 0.717) is 28.0 Å². The molecular weight excluding hydrogens is 432 g/mol. The van der Waals surface area contributed by atoms with Gasteiger partial charge in [-0.2, -0.15) is 0 Å². The Kier molecular flexibility index (Phi) is 5.52. The van der Waals surface area contributed by atoms with Gasteiger partial charge in [0.25, 0.3) is 5.91 Å². The van der Waals surface area contributed by atoms with E-state index in [1.54, 1.807) is 25.0 Å². The molecule has 2 aromatic rings. The van der Waals surface area contributed by atoms with Gasteiger partial charge in [0, 0.05) is 28.8 Å². The summed E-state index contributed by atoms with van der Waals surface area (Å²) in [6, 6.07) is 6.81. The third kappa shape index (κ3) is 3.84. The zero-order chi connectivity index (χ0) is 19.7.